The van der Waals surface area contributed by atoms with Gasteiger partial charge in [-0.1, -0.05) is 22.0 Å². The van der Waals surface area contributed by atoms with Gasteiger partial charge in [-0.2, -0.15) is 0 Å². The summed E-state index contributed by atoms with van der Waals surface area (Å²) in [5.74, 6) is -0.341. The number of hydrogen-bond donors (Lipinski definition) is 2. The standard InChI is InChI=1S/C22H17BrN4O3S/c1-24-31(29,30)16-8-6-15(7-9-16)26-22(28)18-13-21(20-4-2-3-11-25-20)27-19-10-5-14(23)12-17(18)19/h2-13,24H,1H3,(H,26,28). The van der Waals surface area contributed by atoms with Gasteiger partial charge < -0.3 is 5.32 Å². The Kier molecular flexibility index (Phi) is 5.81. The molecular weight excluding hydrogens is 480 g/mol. The number of pyridine rings is 2. The summed E-state index contributed by atoms with van der Waals surface area (Å²) in [5, 5.41) is 3.51. The van der Waals surface area contributed by atoms with Gasteiger partial charge in [0, 0.05) is 21.7 Å². The summed E-state index contributed by atoms with van der Waals surface area (Å²) in [5.41, 5.74) is 2.80. The molecule has 0 aliphatic heterocycles. The molecular formula is C22H17BrN4O3S. The van der Waals surface area contributed by atoms with Gasteiger partial charge in [-0.05, 0) is 67.7 Å². The summed E-state index contributed by atoms with van der Waals surface area (Å²) in [7, 11) is -2.20. The van der Waals surface area contributed by atoms with Crippen LogP contribution in [0.25, 0.3) is 22.3 Å². The van der Waals surface area contributed by atoms with Gasteiger partial charge >= 0.3 is 0 Å². The number of carbonyl (C=O) groups excluding carboxylic acids is 1. The SMILES string of the molecule is CNS(=O)(=O)c1ccc(NC(=O)c2cc(-c3ccccn3)nc3ccc(Br)cc23)cc1. The number of carbonyl (C=O) groups is 1. The lowest BCUT2D eigenvalue weighted by atomic mass is 10.1. The number of sulfonamides is 1. The van der Waals surface area contributed by atoms with Gasteiger partial charge in [0.05, 0.1) is 27.4 Å². The zero-order valence-electron chi connectivity index (χ0n) is 16.3. The minimum atomic E-state index is -3.55. The van der Waals surface area contributed by atoms with Crippen LogP contribution in [0.2, 0.25) is 0 Å². The van der Waals surface area contributed by atoms with Crippen molar-refractivity contribution in [2.75, 3.05) is 12.4 Å². The molecule has 156 valence electrons. The van der Waals surface area contributed by atoms with Crippen LogP contribution in [0, 0.1) is 0 Å². The van der Waals surface area contributed by atoms with Crippen molar-refractivity contribution in [3.63, 3.8) is 0 Å². The molecule has 1 amide bonds. The molecule has 2 N–H and O–H groups in total. The Morgan fingerprint density at radius 2 is 1.74 bits per heavy atom. The van der Waals surface area contributed by atoms with Crippen molar-refractivity contribution in [2.24, 2.45) is 0 Å². The van der Waals surface area contributed by atoms with E-state index in [1.165, 1.54) is 19.2 Å². The van der Waals surface area contributed by atoms with E-state index in [-0.39, 0.29) is 10.8 Å². The minimum absolute atomic E-state index is 0.115. The van der Waals surface area contributed by atoms with Gasteiger partial charge in [-0.25, -0.2) is 18.1 Å². The maximum absolute atomic E-state index is 13.2. The number of benzene rings is 2. The lowest BCUT2D eigenvalue weighted by Crippen LogP contribution is -2.18. The largest absolute Gasteiger partial charge is 0.322 e. The van der Waals surface area contributed by atoms with Crippen LogP contribution >= 0.6 is 15.9 Å². The number of nitrogens with zero attached hydrogens (tertiary/aromatic N) is 2. The van der Waals surface area contributed by atoms with Crippen LogP contribution in [0.15, 0.2) is 82.3 Å². The molecule has 0 aliphatic rings. The van der Waals surface area contributed by atoms with Crippen LogP contribution < -0.4 is 10.0 Å². The van der Waals surface area contributed by atoms with Crippen molar-refractivity contribution < 1.29 is 13.2 Å². The van der Waals surface area contributed by atoms with E-state index < -0.39 is 10.0 Å². The van der Waals surface area contributed by atoms with E-state index in [9.17, 15) is 13.2 Å². The Labute approximate surface area is 187 Å². The normalized spacial score (nSPS) is 11.4. The number of anilines is 1. The zero-order valence-corrected chi connectivity index (χ0v) is 18.7. The summed E-state index contributed by atoms with van der Waals surface area (Å²) in [6, 6.07) is 18.7. The van der Waals surface area contributed by atoms with Crippen molar-refractivity contribution in [3.05, 3.63) is 83.0 Å². The molecule has 4 aromatic rings. The predicted molar refractivity (Wildman–Crippen MR) is 123 cm³/mol. The first kappa shape index (κ1) is 21.1. The van der Waals surface area contributed by atoms with E-state index in [2.05, 4.69) is 35.9 Å². The Balaban J connectivity index is 1.74. The Morgan fingerprint density at radius 3 is 2.42 bits per heavy atom. The average molecular weight is 497 g/mol. The molecule has 31 heavy (non-hydrogen) atoms. The molecule has 0 atom stereocenters. The van der Waals surface area contributed by atoms with Crippen LogP contribution in [0.3, 0.4) is 0 Å². The number of halogens is 1. The second-order valence-corrected chi connectivity index (χ2v) is 9.42. The molecule has 0 bridgehead atoms. The second kappa shape index (κ2) is 8.54. The Bertz CT molecular complexity index is 1380. The van der Waals surface area contributed by atoms with Crippen molar-refractivity contribution in [3.8, 4) is 11.4 Å². The maximum Gasteiger partial charge on any atom is 0.256 e. The maximum atomic E-state index is 13.2. The molecule has 9 heteroatoms. The summed E-state index contributed by atoms with van der Waals surface area (Å²) < 4.78 is 26.9. The smallest absolute Gasteiger partial charge is 0.256 e. The lowest BCUT2D eigenvalue weighted by Gasteiger charge is -2.11. The van der Waals surface area contributed by atoms with E-state index >= 15 is 0 Å². The predicted octanol–water partition coefficient (Wildman–Crippen LogP) is 4.22. The van der Waals surface area contributed by atoms with Gasteiger partial charge in [0.1, 0.15) is 0 Å². The van der Waals surface area contributed by atoms with E-state index in [1.54, 1.807) is 24.4 Å². The number of hydrogen-bond acceptors (Lipinski definition) is 5. The zero-order chi connectivity index (χ0) is 22.0. The third kappa shape index (κ3) is 4.48. The third-order valence-electron chi connectivity index (χ3n) is 4.63. The van der Waals surface area contributed by atoms with Crippen molar-refractivity contribution in [1.29, 1.82) is 0 Å². The van der Waals surface area contributed by atoms with Gasteiger partial charge in [0.2, 0.25) is 10.0 Å². The first-order valence-electron chi connectivity index (χ1n) is 9.24. The topological polar surface area (TPSA) is 101 Å². The highest BCUT2D eigenvalue weighted by Crippen LogP contribution is 2.27. The third-order valence-corrected chi connectivity index (χ3v) is 6.56. The highest BCUT2D eigenvalue weighted by Gasteiger charge is 2.16. The lowest BCUT2D eigenvalue weighted by molar-refractivity contribution is 0.102. The van der Waals surface area contributed by atoms with Gasteiger partial charge in [-0.15, -0.1) is 0 Å². The monoisotopic (exact) mass is 496 g/mol. The molecule has 0 saturated heterocycles. The van der Waals surface area contributed by atoms with Crippen LogP contribution in [-0.4, -0.2) is 31.3 Å². The van der Waals surface area contributed by atoms with Gasteiger partial charge in [0.25, 0.3) is 5.91 Å². The van der Waals surface area contributed by atoms with Gasteiger partial charge in [-0.3, -0.25) is 9.78 Å². The van der Waals surface area contributed by atoms with E-state index in [1.807, 2.05) is 36.4 Å². The molecule has 0 radical (unpaired) electrons. The van der Waals surface area contributed by atoms with Crippen LogP contribution in [0.5, 0.6) is 0 Å². The summed E-state index contributed by atoms with van der Waals surface area (Å²) in [6.07, 6.45) is 1.67. The number of amides is 1. The quantitative estimate of drug-likeness (QED) is 0.430. The molecule has 2 aromatic heterocycles. The van der Waals surface area contributed by atoms with E-state index in [0.29, 0.717) is 33.5 Å². The molecule has 0 spiro atoms. The number of aromatic nitrogens is 2. The molecule has 0 unspecified atom stereocenters. The van der Waals surface area contributed by atoms with Crippen LogP contribution in [0.1, 0.15) is 10.4 Å². The minimum Gasteiger partial charge on any atom is -0.322 e. The van der Waals surface area contributed by atoms with Crippen LogP contribution in [-0.2, 0) is 10.0 Å². The molecule has 0 saturated carbocycles. The molecule has 2 aromatic carbocycles. The van der Waals surface area contributed by atoms with Gasteiger partial charge in [0.15, 0.2) is 0 Å². The fraction of sp³-hybridized carbons (Fsp3) is 0.0455. The number of nitrogens with one attached hydrogen (secondary N) is 2. The summed E-state index contributed by atoms with van der Waals surface area (Å²) in [4.78, 5) is 22.3. The fourth-order valence-electron chi connectivity index (χ4n) is 3.07. The second-order valence-electron chi connectivity index (χ2n) is 6.62. The summed E-state index contributed by atoms with van der Waals surface area (Å²) in [6.45, 7) is 0. The Hall–Kier alpha value is -3.14. The van der Waals surface area contributed by atoms with Crippen molar-refractivity contribution >= 4 is 48.5 Å². The first-order valence-corrected chi connectivity index (χ1v) is 11.5. The van der Waals surface area contributed by atoms with E-state index in [0.717, 1.165) is 4.47 Å². The van der Waals surface area contributed by atoms with Crippen LogP contribution in [0.4, 0.5) is 5.69 Å². The molecule has 4 rings (SSSR count). The van der Waals surface area contributed by atoms with Crippen molar-refractivity contribution in [2.45, 2.75) is 4.90 Å². The first-order chi connectivity index (χ1) is 14.9. The highest BCUT2D eigenvalue weighted by atomic mass is 79.9. The Morgan fingerprint density at radius 1 is 0.968 bits per heavy atom. The molecule has 0 fully saturated rings. The average Bonchev–Trinajstić information content (AvgIpc) is 2.79. The molecule has 2 heterocycles. The van der Waals surface area contributed by atoms with Crippen molar-refractivity contribution in [1.82, 2.24) is 14.7 Å². The molecule has 0 aliphatic carbocycles. The fourth-order valence-corrected chi connectivity index (χ4v) is 4.16. The number of rotatable bonds is 5. The van der Waals surface area contributed by atoms with E-state index in [4.69, 9.17) is 0 Å². The number of fused-ring (bicyclic) bond motifs is 1. The highest BCUT2D eigenvalue weighted by molar-refractivity contribution is 9.10. The molecule has 7 nitrogen and oxygen atoms in total. The summed E-state index contributed by atoms with van der Waals surface area (Å²) >= 11 is 3.44.